The summed E-state index contributed by atoms with van der Waals surface area (Å²) in [7, 11) is -1.16. The number of anilines is 1. The fourth-order valence-corrected chi connectivity index (χ4v) is 3.59. The topological polar surface area (TPSA) is 81.7 Å². The molecule has 0 radical (unpaired) electrons. The maximum absolute atomic E-state index is 12.8. The van der Waals surface area contributed by atoms with Gasteiger partial charge in [-0.3, -0.25) is 4.72 Å². The predicted molar refractivity (Wildman–Crippen MR) is 105 cm³/mol. The van der Waals surface area contributed by atoms with Gasteiger partial charge in [-0.2, -0.15) is 0 Å². The Morgan fingerprint density at radius 1 is 1.07 bits per heavy atom. The lowest BCUT2D eigenvalue weighted by Gasteiger charge is -2.23. The first-order valence-corrected chi connectivity index (χ1v) is 10.0. The van der Waals surface area contributed by atoms with Crippen molar-refractivity contribution in [2.75, 3.05) is 18.9 Å². The van der Waals surface area contributed by atoms with Gasteiger partial charge in [-0.15, -0.1) is 0 Å². The molecule has 146 valence electrons. The van der Waals surface area contributed by atoms with Crippen LogP contribution in [0.2, 0.25) is 0 Å². The van der Waals surface area contributed by atoms with Crippen molar-refractivity contribution in [1.82, 2.24) is 0 Å². The van der Waals surface area contributed by atoms with Gasteiger partial charge < -0.3 is 9.47 Å². The Balaban J connectivity index is 2.37. The van der Waals surface area contributed by atoms with E-state index in [1.807, 2.05) is 12.1 Å². The van der Waals surface area contributed by atoms with Crippen molar-refractivity contribution >= 4 is 21.7 Å². The third-order valence-electron chi connectivity index (χ3n) is 4.69. The molecule has 0 unspecified atom stereocenters. The van der Waals surface area contributed by atoms with Crippen LogP contribution in [-0.2, 0) is 20.2 Å². The molecular weight excluding hydrogens is 366 g/mol. The van der Waals surface area contributed by atoms with Gasteiger partial charge in [0.05, 0.1) is 30.4 Å². The van der Waals surface area contributed by atoms with Crippen LogP contribution in [0.5, 0.6) is 5.75 Å². The molecule has 0 amide bonds. The van der Waals surface area contributed by atoms with Crippen molar-refractivity contribution in [2.45, 2.75) is 37.5 Å². The van der Waals surface area contributed by atoms with E-state index in [4.69, 9.17) is 4.74 Å². The molecule has 0 heterocycles. The lowest BCUT2D eigenvalue weighted by molar-refractivity contribution is 0.0600. The molecular formula is C20H25NO5S. The van der Waals surface area contributed by atoms with Crippen LogP contribution in [-0.4, -0.2) is 28.6 Å². The highest BCUT2D eigenvalue weighted by molar-refractivity contribution is 7.92. The summed E-state index contributed by atoms with van der Waals surface area (Å²) in [4.78, 5) is 11.8. The minimum absolute atomic E-state index is 0.0339. The SMILES string of the molecule is CCC(C)(C)c1ccc(S(=O)(=O)Nc2cc(C(=O)OC)ccc2OC)cc1. The number of methoxy groups -OCH3 is 2. The summed E-state index contributed by atoms with van der Waals surface area (Å²) in [5.41, 5.74) is 1.41. The number of carbonyl (C=O) groups is 1. The summed E-state index contributed by atoms with van der Waals surface area (Å²) < 4.78 is 37.9. The van der Waals surface area contributed by atoms with Gasteiger partial charge >= 0.3 is 5.97 Å². The van der Waals surface area contributed by atoms with Crippen molar-refractivity contribution in [3.8, 4) is 5.75 Å². The summed E-state index contributed by atoms with van der Waals surface area (Å²) in [6.07, 6.45) is 0.939. The van der Waals surface area contributed by atoms with Crippen molar-refractivity contribution in [3.63, 3.8) is 0 Å². The highest BCUT2D eigenvalue weighted by Gasteiger charge is 2.21. The summed E-state index contributed by atoms with van der Waals surface area (Å²) in [5.74, 6) is -0.265. The summed E-state index contributed by atoms with van der Waals surface area (Å²) >= 11 is 0. The molecule has 2 aromatic rings. The van der Waals surface area contributed by atoms with E-state index >= 15 is 0 Å². The van der Waals surface area contributed by atoms with E-state index in [0.717, 1.165) is 12.0 Å². The third-order valence-corrected chi connectivity index (χ3v) is 6.08. The van der Waals surface area contributed by atoms with Crippen LogP contribution in [0.4, 0.5) is 5.69 Å². The number of carbonyl (C=O) groups excluding carboxylic acids is 1. The molecule has 0 aliphatic heterocycles. The van der Waals surface area contributed by atoms with E-state index in [2.05, 4.69) is 30.2 Å². The monoisotopic (exact) mass is 391 g/mol. The van der Waals surface area contributed by atoms with Crippen LogP contribution in [0.3, 0.4) is 0 Å². The first kappa shape index (κ1) is 20.8. The quantitative estimate of drug-likeness (QED) is 0.722. The van der Waals surface area contributed by atoms with Crippen molar-refractivity contribution in [3.05, 3.63) is 53.6 Å². The number of hydrogen-bond acceptors (Lipinski definition) is 5. The fourth-order valence-electron chi connectivity index (χ4n) is 2.53. The van der Waals surface area contributed by atoms with Gasteiger partial charge in [0.15, 0.2) is 0 Å². The number of ether oxygens (including phenoxy) is 2. The average molecular weight is 391 g/mol. The maximum Gasteiger partial charge on any atom is 0.337 e. The molecule has 2 aromatic carbocycles. The largest absolute Gasteiger partial charge is 0.495 e. The summed E-state index contributed by atoms with van der Waals surface area (Å²) in [6.45, 7) is 6.31. The first-order chi connectivity index (χ1) is 12.6. The molecule has 27 heavy (non-hydrogen) atoms. The second-order valence-corrected chi connectivity index (χ2v) is 8.46. The molecule has 0 spiro atoms. The first-order valence-electron chi connectivity index (χ1n) is 8.54. The molecule has 0 fully saturated rings. The van der Waals surface area contributed by atoms with Gasteiger partial charge in [-0.25, -0.2) is 13.2 Å². The Kier molecular flexibility index (Phi) is 6.15. The van der Waals surface area contributed by atoms with Crippen LogP contribution >= 0.6 is 0 Å². The fraction of sp³-hybridized carbons (Fsp3) is 0.350. The zero-order valence-electron chi connectivity index (χ0n) is 16.2. The van der Waals surface area contributed by atoms with E-state index in [-0.39, 0.29) is 21.6 Å². The average Bonchev–Trinajstić information content (AvgIpc) is 2.67. The van der Waals surface area contributed by atoms with E-state index in [1.165, 1.54) is 32.4 Å². The summed E-state index contributed by atoms with van der Waals surface area (Å²) in [5, 5.41) is 0. The smallest absolute Gasteiger partial charge is 0.337 e. The maximum atomic E-state index is 12.8. The van der Waals surface area contributed by atoms with Gasteiger partial charge in [0.1, 0.15) is 5.75 Å². The lowest BCUT2D eigenvalue weighted by Crippen LogP contribution is -2.17. The normalized spacial score (nSPS) is 11.7. The molecule has 0 aliphatic rings. The number of nitrogens with one attached hydrogen (secondary N) is 1. The lowest BCUT2D eigenvalue weighted by atomic mass is 9.82. The Labute approximate surface area is 160 Å². The van der Waals surface area contributed by atoms with Crippen LogP contribution < -0.4 is 9.46 Å². The van der Waals surface area contributed by atoms with E-state index in [0.29, 0.717) is 5.75 Å². The molecule has 0 aliphatic carbocycles. The molecule has 0 saturated carbocycles. The van der Waals surface area contributed by atoms with Crippen LogP contribution in [0.15, 0.2) is 47.4 Å². The zero-order valence-corrected chi connectivity index (χ0v) is 17.0. The van der Waals surface area contributed by atoms with Gasteiger partial charge in [0.2, 0.25) is 0 Å². The molecule has 2 rings (SSSR count). The molecule has 6 nitrogen and oxygen atoms in total. The van der Waals surface area contributed by atoms with Crippen LogP contribution in [0.1, 0.15) is 43.1 Å². The Morgan fingerprint density at radius 3 is 2.22 bits per heavy atom. The van der Waals surface area contributed by atoms with Gasteiger partial charge in [-0.1, -0.05) is 32.9 Å². The minimum Gasteiger partial charge on any atom is -0.495 e. The summed E-state index contributed by atoms with van der Waals surface area (Å²) in [6, 6.07) is 11.2. The van der Waals surface area contributed by atoms with E-state index in [9.17, 15) is 13.2 Å². The van der Waals surface area contributed by atoms with Crippen LogP contribution in [0.25, 0.3) is 0 Å². The predicted octanol–water partition coefficient (Wildman–Crippen LogP) is 3.97. The number of sulfonamides is 1. The molecule has 7 heteroatoms. The highest BCUT2D eigenvalue weighted by Crippen LogP contribution is 2.30. The van der Waals surface area contributed by atoms with Gasteiger partial charge in [0.25, 0.3) is 10.0 Å². The zero-order chi connectivity index (χ0) is 20.2. The van der Waals surface area contributed by atoms with E-state index in [1.54, 1.807) is 12.1 Å². The van der Waals surface area contributed by atoms with Crippen molar-refractivity contribution in [1.29, 1.82) is 0 Å². The Bertz CT molecular complexity index is 918. The Hall–Kier alpha value is -2.54. The second kappa shape index (κ2) is 8.00. The molecule has 1 N–H and O–H groups in total. The highest BCUT2D eigenvalue weighted by atomic mass is 32.2. The number of hydrogen-bond donors (Lipinski definition) is 1. The molecule has 0 bridgehead atoms. The van der Waals surface area contributed by atoms with E-state index < -0.39 is 16.0 Å². The number of rotatable bonds is 7. The minimum atomic E-state index is -3.85. The molecule has 0 aromatic heterocycles. The third kappa shape index (κ3) is 4.60. The number of benzene rings is 2. The van der Waals surface area contributed by atoms with Gasteiger partial charge in [-0.05, 0) is 47.7 Å². The molecule has 0 saturated heterocycles. The van der Waals surface area contributed by atoms with Gasteiger partial charge in [0, 0.05) is 0 Å². The number of esters is 1. The Morgan fingerprint density at radius 2 is 1.70 bits per heavy atom. The van der Waals surface area contributed by atoms with Crippen LogP contribution in [0, 0.1) is 0 Å². The van der Waals surface area contributed by atoms with Crippen molar-refractivity contribution in [2.24, 2.45) is 0 Å². The van der Waals surface area contributed by atoms with Crippen molar-refractivity contribution < 1.29 is 22.7 Å². The molecule has 0 atom stereocenters. The second-order valence-electron chi connectivity index (χ2n) is 6.77. The standard InChI is InChI=1S/C20H25NO5S/c1-6-20(2,3)15-8-10-16(11-9-15)27(23,24)21-17-13-14(19(22)26-5)7-12-18(17)25-4/h7-13,21H,6H2,1-5H3.